The van der Waals surface area contributed by atoms with E-state index in [2.05, 4.69) is 16.9 Å². The molecule has 0 amide bonds. The van der Waals surface area contributed by atoms with Crippen molar-refractivity contribution in [3.05, 3.63) is 0 Å². The van der Waals surface area contributed by atoms with Crippen LogP contribution in [0.25, 0.3) is 0 Å². The summed E-state index contributed by atoms with van der Waals surface area (Å²) in [6.45, 7) is 4.93. The van der Waals surface area contributed by atoms with Gasteiger partial charge in [-0.15, -0.1) is 0 Å². The van der Waals surface area contributed by atoms with Gasteiger partial charge in [-0.05, 0) is 13.8 Å². The molecular formula is C6H14N2O. The summed E-state index contributed by atoms with van der Waals surface area (Å²) in [4.78, 5) is 6.58. The van der Waals surface area contributed by atoms with Crippen molar-refractivity contribution in [1.29, 1.82) is 0 Å². The number of hydrogen-bond acceptors (Lipinski definition) is 2. The van der Waals surface area contributed by atoms with E-state index in [-0.39, 0.29) is 0 Å². The van der Waals surface area contributed by atoms with E-state index in [0.717, 1.165) is 12.4 Å². The van der Waals surface area contributed by atoms with Crippen LogP contribution in [0.3, 0.4) is 0 Å². The highest BCUT2D eigenvalue weighted by Crippen LogP contribution is 1.85. The first-order valence-corrected chi connectivity index (χ1v) is 3.01. The monoisotopic (exact) mass is 130 g/mol. The van der Waals surface area contributed by atoms with Crippen LogP contribution in [0.4, 0.5) is 0 Å². The highest BCUT2D eigenvalue weighted by molar-refractivity contribution is 5.78. The largest absolute Gasteiger partial charge is 0.398 e. The van der Waals surface area contributed by atoms with Crippen LogP contribution in [0.5, 0.6) is 0 Å². The third kappa shape index (κ3) is 2.95. The smallest absolute Gasteiger partial charge is 0.141 e. The molecule has 0 spiro atoms. The van der Waals surface area contributed by atoms with Gasteiger partial charge in [-0.2, -0.15) is 0 Å². The van der Waals surface area contributed by atoms with Gasteiger partial charge in [0.15, 0.2) is 0 Å². The molecule has 0 saturated heterocycles. The molecule has 0 aliphatic rings. The second-order valence-electron chi connectivity index (χ2n) is 1.84. The summed E-state index contributed by atoms with van der Waals surface area (Å²) in [6.07, 6.45) is 0. The lowest BCUT2D eigenvalue weighted by molar-refractivity contribution is 0.207. The fraction of sp³-hybridized carbons (Fsp3) is 0.833. The lowest BCUT2D eigenvalue weighted by Crippen LogP contribution is -2.23. The third-order valence-electron chi connectivity index (χ3n) is 1.25. The Balaban J connectivity index is 3.70. The second kappa shape index (κ2) is 4.18. The second-order valence-corrected chi connectivity index (χ2v) is 1.84. The number of rotatable bonds is 2. The normalized spacial score (nSPS) is 11.3. The van der Waals surface area contributed by atoms with E-state index in [1.54, 1.807) is 7.11 Å². The molecule has 0 heterocycles. The Morgan fingerprint density at radius 3 is 2.56 bits per heavy atom. The maximum Gasteiger partial charge on any atom is 0.141 e. The molecule has 0 radical (unpaired) electrons. The first-order valence-electron chi connectivity index (χ1n) is 3.01. The van der Waals surface area contributed by atoms with E-state index >= 15 is 0 Å². The van der Waals surface area contributed by atoms with Gasteiger partial charge in [0.25, 0.3) is 0 Å². The van der Waals surface area contributed by atoms with Gasteiger partial charge in [-0.1, -0.05) is 5.16 Å². The molecule has 0 unspecified atom stereocenters. The molecule has 3 nitrogen and oxygen atoms in total. The fourth-order valence-electron chi connectivity index (χ4n) is 0.431. The Morgan fingerprint density at radius 2 is 2.22 bits per heavy atom. The molecular weight excluding hydrogens is 116 g/mol. The van der Waals surface area contributed by atoms with Crippen LogP contribution >= 0.6 is 0 Å². The van der Waals surface area contributed by atoms with Crippen LogP contribution in [0.15, 0.2) is 5.16 Å². The van der Waals surface area contributed by atoms with Crippen molar-refractivity contribution in [2.45, 2.75) is 13.8 Å². The van der Waals surface area contributed by atoms with Crippen LogP contribution in [0, 0.1) is 0 Å². The molecule has 0 saturated carbocycles. The minimum Gasteiger partial charge on any atom is -0.398 e. The summed E-state index contributed by atoms with van der Waals surface area (Å²) in [5.41, 5.74) is 0. The van der Waals surface area contributed by atoms with Crippen molar-refractivity contribution >= 4 is 5.84 Å². The van der Waals surface area contributed by atoms with E-state index in [0.29, 0.717) is 0 Å². The number of oxime groups is 1. The number of nitrogens with zero attached hydrogens (tertiary/aromatic N) is 2. The summed E-state index contributed by atoms with van der Waals surface area (Å²) >= 11 is 0. The summed E-state index contributed by atoms with van der Waals surface area (Å²) < 4.78 is 0. The van der Waals surface area contributed by atoms with E-state index in [4.69, 9.17) is 0 Å². The molecule has 0 aromatic rings. The van der Waals surface area contributed by atoms with E-state index in [1.165, 1.54) is 0 Å². The molecule has 9 heavy (non-hydrogen) atoms. The maximum absolute atomic E-state index is 4.57. The zero-order valence-corrected chi connectivity index (χ0v) is 6.51. The van der Waals surface area contributed by atoms with Crippen molar-refractivity contribution in [3.8, 4) is 0 Å². The zero-order valence-electron chi connectivity index (χ0n) is 6.51. The lowest BCUT2D eigenvalue weighted by Gasteiger charge is -2.13. The Bertz CT molecular complexity index is 101. The van der Waals surface area contributed by atoms with Gasteiger partial charge in [0.1, 0.15) is 12.9 Å². The first kappa shape index (κ1) is 8.27. The average molecular weight is 130 g/mol. The molecule has 0 rings (SSSR count). The van der Waals surface area contributed by atoms with Gasteiger partial charge < -0.3 is 9.74 Å². The summed E-state index contributed by atoms with van der Waals surface area (Å²) in [5.74, 6) is 0.903. The van der Waals surface area contributed by atoms with Gasteiger partial charge in [0.2, 0.25) is 0 Å². The van der Waals surface area contributed by atoms with Crippen molar-refractivity contribution in [3.63, 3.8) is 0 Å². The van der Waals surface area contributed by atoms with Gasteiger partial charge >= 0.3 is 0 Å². The summed E-state index contributed by atoms with van der Waals surface area (Å²) in [6, 6.07) is 0. The lowest BCUT2D eigenvalue weighted by atomic mass is 10.5. The SMILES string of the molecule is CCN(C)/C(C)=N\OC. The Hall–Kier alpha value is -0.730. The summed E-state index contributed by atoms with van der Waals surface area (Å²) in [7, 11) is 3.52. The van der Waals surface area contributed by atoms with E-state index in [9.17, 15) is 0 Å². The Morgan fingerprint density at radius 1 is 1.67 bits per heavy atom. The minimum absolute atomic E-state index is 0.903. The first-order chi connectivity index (χ1) is 4.22. The Labute approximate surface area is 56.3 Å². The van der Waals surface area contributed by atoms with Crippen LogP contribution in [-0.2, 0) is 4.84 Å². The molecule has 0 atom stereocenters. The number of hydrogen-bond donors (Lipinski definition) is 0. The van der Waals surface area contributed by atoms with Gasteiger partial charge in [0.05, 0.1) is 0 Å². The molecule has 0 aliphatic heterocycles. The van der Waals surface area contributed by atoms with Crippen molar-refractivity contribution in [1.82, 2.24) is 4.90 Å². The summed E-state index contributed by atoms with van der Waals surface area (Å²) in [5, 5.41) is 3.74. The van der Waals surface area contributed by atoms with Gasteiger partial charge in [0, 0.05) is 13.6 Å². The minimum atomic E-state index is 0.903. The molecule has 0 N–H and O–H groups in total. The quantitative estimate of drug-likeness (QED) is 0.315. The molecule has 0 aromatic carbocycles. The molecule has 54 valence electrons. The van der Waals surface area contributed by atoms with E-state index in [1.807, 2.05) is 18.9 Å². The van der Waals surface area contributed by atoms with Gasteiger partial charge in [-0.3, -0.25) is 0 Å². The maximum atomic E-state index is 4.57. The predicted molar refractivity (Wildman–Crippen MR) is 38.4 cm³/mol. The predicted octanol–water partition coefficient (Wildman–Crippen LogP) is 0.918. The zero-order chi connectivity index (χ0) is 7.28. The molecule has 0 fully saturated rings. The van der Waals surface area contributed by atoms with Crippen molar-refractivity contribution in [2.75, 3.05) is 20.7 Å². The highest BCUT2D eigenvalue weighted by atomic mass is 16.6. The van der Waals surface area contributed by atoms with Crippen molar-refractivity contribution in [2.24, 2.45) is 5.16 Å². The third-order valence-corrected chi connectivity index (χ3v) is 1.25. The fourth-order valence-corrected chi connectivity index (χ4v) is 0.431. The van der Waals surface area contributed by atoms with Crippen LogP contribution in [-0.4, -0.2) is 31.4 Å². The molecule has 3 heteroatoms. The van der Waals surface area contributed by atoms with Gasteiger partial charge in [-0.25, -0.2) is 0 Å². The Kier molecular flexibility index (Phi) is 3.84. The molecule has 0 bridgehead atoms. The molecule has 0 aromatic heterocycles. The van der Waals surface area contributed by atoms with Crippen LogP contribution in [0.2, 0.25) is 0 Å². The number of amidine groups is 1. The molecule has 0 aliphatic carbocycles. The van der Waals surface area contributed by atoms with E-state index < -0.39 is 0 Å². The standard InChI is InChI=1S/C6H14N2O/c1-5-8(3)6(2)7-9-4/h5H2,1-4H3/b7-6-. The van der Waals surface area contributed by atoms with Crippen LogP contribution in [0.1, 0.15) is 13.8 Å². The van der Waals surface area contributed by atoms with Crippen LogP contribution < -0.4 is 0 Å². The highest BCUT2D eigenvalue weighted by Gasteiger charge is 1.94. The van der Waals surface area contributed by atoms with Crippen molar-refractivity contribution < 1.29 is 4.84 Å². The average Bonchev–Trinajstić information content (AvgIpc) is 1.87. The topological polar surface area (TPSA) is 24.8 Å².